The maximum Gasteiger partial charge on any atom is 0.178 e. The summed E-state index contributed by atoms with van der Waals surface area (Å²) in [6.07, 6.45) is 2.11. The lowest BCUT2D eigenvalue weighted by Crippen LogP contribution is -2.40. The fraction of sp³-hybridized carbons (Fsp3) is 0.538. The van der Waals surface area contributed by atoms with Gasteiger partial charge in [0.2, 0.25) is 0 Å². The lowest BCUT2D eigenvalue weighted by atomic mass is 9.91. The van der Waals surface area contributed by atoms with E-state index in [9.17, 15) is 8.42 Å². The molecule has 0 unspecified atom stereocenters. The first-order valence-corrected chi connectivity index (χ1v) is 7.65. The number of sulfone groups is 1. The summed E-state index contributed by atoms with van der Waals surface area (Å²) in [5, 5.41) is 0. The standard InChI is InChI=1S/C13H21NO2S/c1-3-13(14,4-2)10-11-17(15,16)12-8-6-5-7-9-12/h5-9H,3-4,10-11,14H2,1-2H3. The van der Waals surface area contributed by atoms with Crippen LogP contribution in [0.1, 0.15) is 33.1 Å². The van der Waals surface area contributed by atoms with E-state index in [1.54, 1.807) is 24.3 Å². The highest BCUT2D eigenvalue weighted by Crippen LogP contribution is 2.20. The molecule has 0 aromatic heterocycles. The lowest BCUT2D eigenvalue weighted by molar-refractivity contribution is 0.382. The molecular weight excluding hydrogens is 234 g/mol. The Morgan fingerprint density at radius 3 is 2.12 bits per heavy atom. The van der Waals surface area contributed by atoms with Gasteiger partial charge in [0.25, 0.3) is 0 Å². The SMILES string of the molecule is CCC(N)(CC)CCS(=O)(=O)c1ccccc1. The van der Waals surface area contributed by atoms with Gasteiger partial charge in [-0.3, -0.25) is 0 Å². The van der Waals surface area contributed by atoms with E-state index >= 15 is 0 Å². The van der Waals surface area contributed by atoms with Crippen LogP contribution in [-0.2, 0) is 9.84 Å². The summed E-state index contributed by atoms with van der Waals surface area (Å²) < 4.78 is 24.1. The zero-order valence-corrected chi connectivity index (χ0v) is 11.3. The summed E-state index contributed by atoms with van der Waals surface area (Å²) in [5.74, 6) is 0.120. The Kier molecular flexibility index (Phi) is 4.71. The fourth-order valence-electron chi connectivity index (χ4n) is 1.69. The van der Waals surface area contributed by atoms with Crippen LogP contribution in [-0.4, -0.2) is 19.7 Å². The van der Waals surface area contributed by atoms with Crippen LogP contribution in [0.2, 0.25) is 0 Å². The highest BCUT2D eigenvalue weighted by molar-refractivity contribution is 7.91. The molecule has 0 radical (unpaired) electrons. The van der Waals surface area contributed by atoms with E-state index in [0.717, 1.165) is 12.8 Å². The molecule has 0 aliphatic rings. The molecule has 0 saturated carbocycles. The Hall–Kier alpha value is -0.870. The zero-order chi connectivity index (χ0) is 12.9. The quantitative estimate of drug-likeness (QED) is 0.849. The highest BCUT2D eigenvalue weighted by atomic mass is 32.2. The molecule has 2 N–H and O–H groups in total. The van der Waals surface area contributed by atoms with Crippen LogP contribution < -0.4 is 5.73 Å². The summed E-state index contributed by atoms with van der Waals surface area (Å²) in [6.45, 7) is 4.00. The van der Waals surface area contributed by atoms with E-state index in [1.807, 2.05) is 19.9 Å². The van der Waals surface area contributed by atoms with Crippen LogP contribution >= 0.6 is 0 Å². The Bertz CT molecular complexity index is 436. The van der Waals surface area contributed by atoms with Gasteiger partial charge in [0.1, 0.15) is 0 Å². The van der Waals surface area contributed by atoms with Crippen molar-refractivity contribution in [2.75, 3.05) is 5.75 Å². The van der Waals surface area contributed by atoms with Crippen molar-refractivity contribution in [1.82, 2.24) is 0 Å². The minimum atomic E-state index is -3.19. The van der Waals surface area contributed by atoms with Crippen molar-refractivity contribution >= 4 is 9.84 Å². The largest absolute Gasteiger partial charge is 0.325 e. The fourth-order valence-corrected chi connectivity index (χ4v) is 3.17. The minimum Gasteiger partial charge on any atom is -0.325 e. The van der Waals surface area contributed by atoms with E-state index in [0.29, 0.717) is 11.3 Å². The highest BCUT2D eigenvalue weighted by Gasteiger charge is 2.24. The topological polar surface area (TPSA) is 60.2 Å². The third-order valence-electron chi connectivity index (χ3n) is 3.38. The van der Waals surface area contributed by atoms with Gasteiger partial charge in [-0.2, -0.15) is 0 Å². The van der Waals surface area contributed by atoms with Gasteiger partial charge in [-0.15, -0.1) is 0 Å². The summed E-state index contributed by atoms with van der Waals surface area (Å²) >= 11 is 0. The summed E-state index contributed by atoms with van der Waals surface area (Å²) in [5.41, 5.74) is 5.76. The maximum atomic E-state index is 12.1. The third-order valence-corrected chi connectivity index (χ3v) is 5.11. The van der Waals surface area contributed by atoms with Crippen molar-refractivity contribution in [1.29, 1.82) is 0 Å². The summed E-state index contributed by atoms with van der Waals surface area (Å²) in [6, 6.07) is 8.55. The summed E-state index contributed by atoms with van der Waals surface area (Å²) in [7, 11) is -3.19. The maximum absolute atomic E-state index is 12.1. The van der Waals surface area contributed by atoms with Crippen LogP contribution in [0.4, 0.5) is 0 Å². The molecule has 0 fully saturated rings. The number of rotatable bonds is 6. The molecule has 0 aliphatic heterocycles. The van der Waals surface area contributed by atoms with Crippen LogP contribution in [0.5, 0.6) is 0 Å². The molecule has 1 rings (SSSR count). The molecule has 1 aromatic rings. The minimum absolute atomic E-state index is 0.120. The number of hydrogen-bond acceptors (Lipinski definition) is 3. The second-order valence-corrected chi connectivity index (χ2v) is 6.56. The molecule has 0 aliphatic carbocycles. The molecule has 0 heterocycles. The summed E-state index contributed by atoms with van der Waals surface area (Å²) in [4.78, 5) is 0.384. The monoisotopic (exact) mass is 255 g/mol. The van der Waals surface area contributed by atoms with E-state index in [2.05, 4.69) is 0 Å². The van der Waals surface area contributed by atoms with Crippen molar-refractivity contribution in [3.8, 4) is 0 Å². The Labute approximate surface area is 104 Å². The van der Waals surface area contributed by atoms with E-state index in [1.165, 1.54) is 0 Å². The van der Waals surface area contributed by atoms with Crippen LogP contribution in [0.3, 0.4) is 0 Å². The normalized spacial score (nSPS) is 12.6. The predicted molar refractivity (Wildman–Crippen MR) is 70.6 cm³/mol. The van der Waals surface area contributed by atoms with Crippen LogP contribution in [0.25, 0.3) is 0 Å². The predicted octanol–water partition coefficient (Wildman–Crippen LogP) is 2.37. The first-order chi connectivity index (χ1) is 7.93. The second kappa shape index (κ2) is 5.65. The molecule has 3 nitrogen and oxygen atoms in total. The Morgan fingerprint density at radius 1 is 1.12 bits per heavy atom. The van der Waals surface area contributed by atoms with Gasteiger partial charge in [-0.25, -0.2) is 8.42 Å². The van der Waals surface area contributed by atoms with Crippen molar-refractivity contribution in [2.24, 2.45) is 5.73 Å². The average Bonchev–Trinajstić information content (AvgIpc) is 2.37. The molecule has 96 valence electrons. The first kappa shape index (κ1) is 14.2. The van der Waals surface area contributed by atoms with Gasteiger partial charge in [0.05, 0.1) is 10.6 Å². The van der Waals surface area contributed by atoms with Gasteiger partial charge >= 0.3 is 0 Å². The number of hydrogen-bond donors (Lipinski definition) is 1. The average molecular weight is 255 g/mol. The second-order valence-electron chi connectivity index (χ2n) is 4.45. The Balaban J connectivity index is 2.76. The van der Waals surface area contributed by atoms with E-state index in [-0.39, 0.29) is 11.3 Å². The van der Waals surface area contributed by atoms with Gasteiger partial charge in [-0.1, -0.05) is 32.0 Å². The van der Waals surface area contributed by atoms with Gasteiger partial charge < -0.3 is 5.73 Å². The number of nitrogens with two attached hydrogens (primary N) is 1. The third kappa shape index (κ3) is 3.82. The smallest absolute Gasteiger partial charge is 0.178 e. The van der Waals surface area contributed by atoms with E-state index in [4.69, 9.17) is 5.73 Å². The molecule has 0 saturated heterocycles. The molecule has 0 atom stereocenters. The van der Waals surface area contributed by atoms with E-state index < -0.39 is 9.84 Å². The van der Waals surface area contributed by atoms with Crippen molar-refractivity contribution < 1.29 is 8.42 Å². The van der Waals surface area contributed by atoms with Crippen LogP contribution in [0, 0.1) is 0 Å². The van der Waals surface area contributed by atoms with Gasteiger partial charge in [0.15, 0.2) is 9.84 Å². The molecule has 17 heavy (non-hydrogen) atoms. The van der Waals surface area contributed by atoms with Crippen molar-refractivity contribution in [3.05, 3.63) is 30.3 Å². The molecule has 0 spiro atoms. The number of benzene rings is 1. The van der Waals surface area contributed by atoms with Crippen molar-refractivity contribution in [3.63, 3.8) is 0 Å². The van der Waals surface area contributed by atoms with Crippen LogP contribution in [0.15, 0.2) is 35.2 Å². The van der Waals surface area contributed by atoms with Gasteiger partial charge in [0, 0.05) is 5.54 Å². The molecular formula is C13H21NO2S. The first-order valence-electron chi connectivity index (χ1n) is 6.00. The zero-order valence-electron chi connectivity index (χ0n) is 10.5. The Morgan fingerprint density at radius 2 is 1.65 bits per heavy atom. The molecule has 4 heteroatoms. The van der Waals surface area contributed by atoms with Crippen molar-refractivity contribution in [2.45, 2.75) is 43.5 Å². The molecule has 0 amide bonds. The molecule has 1 aromatic carbocycles. The molecule has 0 bridgehead atoms. The van der Waals surface area contributed by atoms with Gasteiger partial charge in [-0.05, 0) is 31.4 Å². The lowest BCUT2D eigenvalue weighted by Gasteiger charge is -2.26.